The van der Waals surface area contributed by atoms with Gasteiger partial charge >= 0.3 is 6.09 Å². The van der Waals surface area contributed by atoms with Gasteiger partial charge < -0.3 is 15.4 Å². The highest BCUT2D eigenvalue weighted by Crippen LogP contribution is 2.23. The van der Waals surface area contributed by atoms with Crippen molar-refractivity contribution in [3.8, 4) is 0 Å². The van der Waals surface area contributed by atoms with E-state index in [4.69, 9.17) is 10.5 Å². The van der Waals surface area contributed by atoms with Gasteiger partial charge in [-0.25, -0.2) is 13.2 Å². The van der Waals surface area contributed by atoms with E-state index in [0.717, 1.165) is 0 Å². The lowest BCUT2D eigenvalue weighted by molar-refractivity contribution is 0.0192. The van der Waals surface area contributed by atoms with E-state index in [1.165, 1.54) is 15.3 Å². The number of benzene rings is 1. The van der Waals surface area contributed by atoms with Gasteiger partial charge in [0, 0.05) is 31.9 Å². The first kappa shape index (κ1) is 18.5. The maximum absolute atomic E-state index is 12.8. The maximum Gasteiger partial charge on any atom is 0.410 e. The molecule has 0 saturated carbocycles. The highest BCUT2D eigenvalue weighted by Gasteiger charge is 2.32. The topological polar surface area (TPSA) is 92.9 Å². The molecule has 24 heavy (non-hydrogen) atoms. The van der Waals surface area contributed by atoms with Crippen molar-refractivity contribution in [1.82, 2.24) is 9.21 Å². The Kier molecular flexibility index (Phi) is 5.10. The maximum atomic E-state index is 12.8. The summed E-state index contributed by atoms with van der Waals surface area (Å²) in [5.41, 5.74) is 6.26. The second-order valence-corrected chi connectivity index (χ2v) is 8.80. The Balaban J connectivity index is 2.07. The van der Waals surface area contributed by atoms with E-state index in [0.29, 0.717) is 24.3 Å². The Labute approximate surface area is 143 Å². The molecule has 0 radical (unpaired) electrons. The van der Waals surface area contributed by atoms with Crippen molar-refractivity contribution in [3.63, 3.8) is 0 Å². The van der Waals surface area contributed by atoms with Crippen molar-refractivity contribution < 1.29 is 17.9 Å². The zero-order valence-electron chi connectivity index (χ0n) is 14.6. The fourth-order valence-electron chi connectivity index (χ4n) is 2.54. The molecule has 1 aliphatic heterocycles. The Bertz CT molecular complexity index is 717. The number of rotatable bonds is 2. The van der Waals surface area contributed by atoms with Crippen LogP contribution in [0.5, 0.6) is 0 Å². The largest absolute Gasteiger partial charge is 0.444 e. The molecular formula is C16H25N3O4S. The van der Waals surface area contributed by atoms with E-state index in [9.17, 15) is 13.2 Å². The third kappa shape index (κ3) is 4.18. The van der Waals surface area contributed by atoms with Gasteiger partial charge in [-0.2, -0.15) is 4.31 Å². The van der Waals surface area contributed by atoms with Crippen molar-refractivity contribution in [2.75, 3.05) is 31.9 Å². The van der Waals surface area contributed by atoms with Crippen LogP contribution in [-0.2, 0) is 14.8 Å². The second-order valence-electron chi connectivity index (χ2n) is 6.90. The summed E-state index contributed by atoms with van der Waals surface area (Å²) in [5.74, 6) is 0. The zero-order valence-corrected chi connectivity index (χ0v) is 15.4. The lowest BCUT2D eigenvalue weighted by atomic mass is 10.2. The van der Waals surface area contributed by atoms with Crippen molar-refractivity contribution in [3.05, 3.63) is 23.8 Å². The van der Waals surface area contributed by atoms with Crippen molar-refractivity contribution in [2.45, 2.75) is 38.2 Å². The molecular weight excluding hydrogens is 330 g/mol. The van der Waals surface area contributed by atoms with Crippen LogP contribution in [0.15, 0.2) is 23.1 Å². The van der Waals surface area contributed by atoms with Gasteiger partial charge in [-0.05, 0) is 51.5 Å². The van der Waals surface area contributed by atoms with Crippen LogP contribution >= 0.6 is 0 Å². The summed E-state index contributed by atoms with van der Waals surface area (Å²) in [4.78, 5) is 13.8. The zero-order chi connectivity index (χ0) is 18.1. The highest BCUT2D eigenvalue weighted by atomic mass is 32.2. The van der Waals surface area contributed by atoms with Crippen molar-refractivity contribution >= 4 is 21.8 Å². The Morgan fingerprint density at radius 2 is 1.75 bits per heavy atom. The number of sulfonamides is 1. The summed E-state index contributed by atoms with van der Waals surface area (Å²) in [5, 5.41) is 0. The van der Waals surface area contributed by atoms with Crippen LogP contribution in [-0.4, -0.2) is 55.5 Å². The fourth-order valence-corrected chi connectivity index (χ4v) is 4.17. The number of hydrogen-bond acceptors (Lipinski definition) is 5. The molecule has 2 N–H and O–H groups in total. The van der Waals surface area contributed by atoms with Gasteiger partial charge in [-0.15, -0.1) is 0 Å². The minimum absolute atomic E-state index is 0.241. The molecule has 0 unspecified atom stereocenters. The quantitative estimate of drug-likeness (QED) is 0.817. The fraction of sp³-hybridized carbons (Fsp3) is 0.562. The van der Waals surface area contributed by atoms with Gasteiger partial charge in [0.2, 0.25) is 10.0 Å². The molecule has 0 bridgehead atoms. The molecule has 1 saturated heterocycles. The number of amides is 1. The third-order valence-electron chi connectivity index (χ3n) is 3.71. The number of hydrogen-bond donors (Lipinski definition) is 1. The number of nitrogens with two attached hydrogens (primary N) is 1. The van der Waals surface area contributed by atoms with E-state index in [2.05, 4.69) is 0 Å². The van der Waals surface area contributed by atoms with Gasteiger partial charge in [0.15, 0.2) is 0 Å². The SMILES string of the molecule is Cc1cc(N)ccc1S(=O)(=O)N1CCN(C(=O)OC(C)(C)C)CC1. The molecule has 0 spiro atoms. The minimum Gasteiger partial charge on any atom is -0.444 e. The predicted molar refractivity (Wildman–Crippen MR) is 92.2 cm³/mol. The predicted octanol–water partition coefficient (Wildman–Crippen LogP) is 1.82. The molecule has 1 aliphatic rings. The Hall–Kier alpha value is -1.80. The average Bonchev–Trinajstić information content (AvgIpc) is 2.45. The summed E-state index contributed by atoms with van der Waals surface area (Å²) in [6.45, 7) is 8.22. The number of anilines is 1. The summed E-state index contributed by atoms with van der Waals surface area (Å²) < 4.78 is 32.3. The number of carbonyl (C=O) groups excluding carboxylic acids is 1. The molecule has 0 atom stereocenters. The smallest absolute Gasteiger partial charge is 0.410 e. The van der Waals surface area contributed by atoms with E-state index >= 15 is 0 Å². The lowest BCUT2D eigenvalue weighted by Crippen LogP contribution is -2.51. The molecule has 1 heterocycles. The highest BCUT2D eigenvalue weighted by molar-refractivity contribution is 7.89. The average molecular weight is 355 g/mol. The van der Waals surface area contributed by atoms with Gasteiger partial charge in [0.25, 0.3) is 0 Å². The van der Waals surface area contributed by atoms with Gasteiger partial charge in [0.05, 0.1) is 4.90 Å². The third-order valence-corrected chi connectivity index (χ3v) is 5.77. The van der Waals surface area contributed by atoms with Crippen LogP contribution in [0.25, 0.3) is 0 Å². The van der Waals surface area contributed by atoms with E-state index in [1.807, 2.05) is 0 Å². The monoisotopic (exact) mass is 355 g/mol. The van der Waals surface area contributed by atoms with E-state index < -0.39 is 21.7 Å². The molecule has 0 aromatic heterocycles. The number of piperazine rings is 1. The molecule has 0 aliphatic carbocycles. The first-order valence-corrected chi connectivity index (χ1v) is 9.29. The molecule has 1 aromatic carbocycles. The van der Waals surface area contributed by atoms with Crippen LogP contribution in [0.1, 0.15) is 26.3 Å². The molecule has 8 heteroatoms. The number of ether oxygens (including phenoxy) is 1. The minimum atomic E-state index is -3.59. The van der Waals surface area contributed by atoms with Crippen molar-refractivity contribution in [2.24, 2.45) is 0 Å². The Morgan fingerprint density at radius 3 is 2.25 bits per heavy atom. The Morgan fingerprint density at radius 1 is 1.17 bits per heavy atom. The van der Waals surface area contributed by atoms with Gasteiger partial charge in [0.1, 0.15) is 5.60 Å². The van der Waals surface area contributed by atoms with Crippen LogP contribution in [0.4, 0.5) is 10.5 Å². The molecule has 134 valence electrons. The number of aryl methyl sites for hydroxylation is 1. The second kappa shape index (κ2) is 6.60. The number of nitrogen functional groups attached to an aromatic ring is 1. The normalized spacial score (nSPS) is 16.9. The molecule has 1 fully saturated rings. The molecule has 1 amide bonds. The van der Waals surface area contributed by atoms with Crippen LogP contribution < -0.4 is 5.73 Å². The molecule has 1 aromatic rings. The number of nitrogens with zero attached hydrogens (tertiary/aromatic N) is 2. The summed E-state index contributed by atoms with van der Waals surface area (Å²) in [7, 11) is -3.59. The van der Waals surface area contributed by atoms with E-state index in [1.54, 1.807) is 39.8 Å². The van der Waals surface area contributed by atoms with Gasteiger partial charge in [-0.3, -0.25) is 0 Å². The lowest BCUT2D eigenvalue weighted by Gasteiger charge is -2.35. The van der Waals surface area contributed by atoms with Crippen molar-refractivity contribution in [1.29, 1.82) is 0 Å². The van der Waals surface area contributed by atoms with Crippen LogP contribution in [0.2, 0.25) is 0 Å². The van der Waals surface area contributed by atoms with Crippen LogP contribution in [0.3, 0.4) is 0 Å². The number of carbonyl (C=O) groups is 1. The standard InChI is InChI=1S/C16H25N3O4S/c1-12-11-13(17)5-6-14(12)24(21,22)19-9-7-18(8-10-19)15(20)23-16(2,3)4/h5-6,11H,7-10,17H2,1-4H3. The van der Waals surface area contributed by atoms with E-state index in [-0.39, 0.29) is 18.0 Å². The summed E-state index contributed by atoms with van der Waals surface area (Å²) >= 11 is 0. The molecule has 2 rings (SSSR count). The first-order valence-electron chi connectivity index (χ1n) is 7.85. The summed E-state index contributed by atoms with van der Waals surface area (Å²) in [6.07, 6.45) is -0.414. The molecule has 7 nitrogen and oxygen atoms in total. The summed E-state index contributed by atoms with van der Waals surface area (Å²) in [6, 6.07) is 4.75. The van der Waals surface area contributed by atoms with Crippen LogP contribution in [0, 0.1) is 6.92 Å². The first-order chi connectivity index (χ1) is 11.0. The van der Waals surface area contributed by atoms with Gasteiger partial charge in [-0.1, -0.05) is 0 Å².